The number of hydrogen-bond acceptors (Lipinski definition) is 4. The summed E-state index contributed by atoms with van der Waals surface area (Å²) in [6.45, 7) is 9.06. The maximum absolute atomic E-state index is 5.99. The zero-order valence-electron chi connectivity index (χ0n) is 11.0. The predicted octanol–water partition coefficient (Wildman–Crippen LogP) is 1.32. The Morgan fingerprint density at radius 1 is 1.18 bits per heavy atom. The lowest BCUT2D eigenvalue weighted by atomic mass is 10.1. The minimum Gasteiger partial charge on any atom is -0.327 e. The molecule has 2 N–H and O–H groups in total. The molecule has 94 valence electrons. The second-order valence-electron chi connectivity index (χ2n) is 5.06. The highest BCUT2D eigenvalue weighted by Crippen LogP contribution is 2.14. The number of likely N-dealkylation sites (tertiary alicyclic amines) is 1. The second kappa shape index (κ2) is 5.10. The van der Waals surface area contributed by atoms with Crippen LogP contribution in [-0.4, -0.2) is 34.0 Å². The van der Waals surface area contributed by atoms with Gasteiger partial charge in [-0.2, -0.15) is 0 Å². The molecule has 2 heterocycles. The van der Waals surface area contributed by atoms with Crippen LogP contribution in [-0.2, 0) is 6.54 Å². The number of hydrogen-bond donors (Lipinski definition) is 1. The van der Waals surface area contributed by atoms with Gasteiger partial charge in [0.1, 0.15) is 0 Å². The third-order valence-corrected chi connectivity index (χ3v) is 3.49. The maximum Gasteiger partial charge on any atom is 0.0759 e. The maximum atomic E-state index is 5.99. The predicted molar refractivity (Wildman–Crippen MR) is 68.7 cm³/mol. The van der Waals surface area contributed by atoms with Gasteiger partial charge in [-0.05, 0) is 40.2 Å². The molecule has 1 aliphatic heterocycles. The number of nitrogens with zero attached hydrogens (tertiary/aromatic N) is 3. The largest absolute Gasteiger partial charge is 0.327 e. The molecule has 1 fully saturated rings. The van der Waals surface area contributed by atoms with Crippen molar-refractivity contribution in [3.05, 3.63) is 22.8 Å². The molecular weight excluding hydrogens is 212 g/mol. The zero-order chi connectivity index (χ0) is 12.4. The molecule has 1 aromatic heterocycles. The Balaban J connectivity index is 2.10. The normalized spacial score (nSPS) is 21.8. The van der Waals surface area contributed by atoms with Crippen molar-refractivity contribution in [2.75, 3.05) is 13.1 Å². The van der Waals surface area contributed by atoms with E-state index in [2.05, 4.69) is 14.9 Å². The van der Waals surface area contributed by atoms with Gasteiger partial charge in [0.25, 0.3) is 0 Å². The molecule has 1 unspecified atom stereocenters. The number of piperidine rings is 1. The third-order valence-electron chi connectivity index (χ3n) is 3.49. The Bertz CT molecular complexity index is 403. The van der Waals surface area contributed by atoms with Crippen LogP contribution < -0.4 is 5.73 Å². The SMILES string of the molecule is Cc1nc(C)c(CN2CCCC(N)C2)nc1C. The van der Waals surface area contributed by atoms with Crippen LogP contribution >= 0.6 is 0 Å². The first kappa shape index (κ1) is 12.5. The Morgan fingerprint density at radius 2 is 1.88 bits per heavy atom. The quantitative estimate of drug-likeness (QED) is 0.838. The van der Waals surface area contributed by atoms with Crippen molar-refractivity contribution < 1.29 is 0 Å². The van der Waals surface area contributed by atoms with Crippen LogP contribution in [0.25, 0.3) is 0 Å². The average Bonchev–Trinajstić information content (AvgIpc) is 2.26. The first-order chi connectivity index (χ1) is 8.06. The fourth-order valence-electron chi connectivity index (χ4n) is 2.36. The van der Waals surface area contributed by atoms with Crippen molar-refractivity contribution in [3.8, 4) is 0 Å². The molecule has 0 radical (unpaired) electrons. The van der Waals surface area contributed by atoms with Gasteiger partial charge in [0.2, 0.25) is 0 Å². The summed E-state index contributed by atoms with van der Waals surface area (Å²) >= 11 is 0. The van der Waals surface area contributed by atoms with E-state index >= 15 is 0 Å². The number of nitrogens with two attached hydrogens (primary N) is 1. The summed E-state index contributed by atoms with van der Waals surface area (Å²) in [5.41, 5.74) is 10.2. The van der Waals surface area contributed by atoms with Crippen molar-refractivity contribution in [3.63, 3.8) is 0 Å². The molecule has 1 aromatic rings. The van der Waals surface area contributed by atoms with Crippen LogP contribution in [0.4, 0.5) is 0 Å². The molecule has 1 aliphatic rings. The number of aryl methyl sites for hydroxylation is 3. The Hall–Kier alpha value is -1.00. The molecule has 4 nitrogen and oxygen atoms in total. The van der Waals surface area contributed by atoms with Crippen molar-refractivity contribution in [2.24, 2.45) is 5.73 Å². The molecule has 0 aromatic carbocycles. The topological polar surface area (TPSA) is 55.0 Å². The fourth-order valence-corrected chi connectivity index (χ4v) is 2.36. The van der Waals surface area contributed by atoms with Crippen molar-refractivity contribution >= 4 is 0 Å². The molecule has 1 atom stereocenters. The highest BCUT2D eigenvalue weighted by atomic mass is 15.2. The summed E-state index contributed by atoms with van der Waals surface area (Å²) in [6, 6.07) is 0.323. The van der Waals surface area contributed by atoms with E-state index in [1.54, 1.807) is 0 Å². The summed E-state index contributed by atoms with van der Waals surface area (Å²) in [5, 5.41) is 0. The molecule has 1 saturated heterocycles. The van der Waals surface area contributed by atoms with Crippen LogP contribution in [0.15, 0.2) is 0 Å². The van der Waals surface area contributed by atoms with Gasteiger partial charge in [0, 0.05) is 19.1 Å². The molecule has 0 saturated carbocycles. The average molecular weight is 234 g/mol. The van der Waals surface area contributed by atoms with E-state index in [4.69, 9.17) is 5.73 Å². The summed E-state index contributed by atoms with van der Waals surface area (Å²) < 4.78 is 0. The smallest absolute Gasteiger partial charge is 0.0759 e. The van der Waals surface area contributed by atoms with Crippen LogP contribution in [0.2, 0.25) is 0 Å². The lowest BCUT2D eigenvalue weighted by molar-refractivity contribution is 0.198. The number of aromatic nitrogens is 2. The molecule has 0 spiro atoms. The van der Waals surface area contributed by atoms with E-state index in [-0.39, 0.29) is 0 Å². The standard InChI is InChI=1S/C13H22N4/c1-9-10(2)16-13(11(3)15-9)8-17-6-4-5-12(14)7-17/h12H,4-8,14H2,1-3H3. The molecule has 0 amide bonds. The molecule has 0 aliphatic carbocycles. The first-order valence-electron chi connectivity index (χ1n) is 6.35. The van der Waals surface area contributed by atoms with E-state index in [0.717, 1.165) is 48.8 Å². The summed E-state index contributed by atoms with van der Waals surface area (Å²) in [7, 11) is 0. The molecular formula is C13H22N4. The monoisotopic (exact) mass is 234 g/mol. The van der Waals surface area contributed by atoms with Gasteiger partial charge in [-0.15, -0.1) is 0 Å². The Morgan fingerprint density at radius 3 is 2.59 bits per heavy atom. The van der Waals surface area contributed by atoms with E-state index in [9.17, 15) is 0 Å². The van der Waals surface area contributed by atoms with Crippen molar-refractivity contribution in [1.82, 2.24) is 14.9 Å². The fraction of sp³-hybridized carbons (Fsp3) is 0.692. The van der Waals surface area contributed by atoms with E-state index in [0.29, 0.717) is 6.04 Å². The highest BCUT2D eigenvalue weighted by molar-refractivity contribution is 5.17. The van der Waals surface area contributed by atoms with Crippen molar-refractivity contribution in [1.29, 1.82) is 0 Å². The first-order valence-corrected chi connectivity index (χ1v) is 6.35. The molecule has 0 bridgehead atoms. The number of rotatable bonds is 2. The highest BCUT2D eigenvalue weighted by Gasteiger charge is 2.18. The molecule has 4 heteroatoms. The Labute approximate surface area is 103 Å². The third kappa shape index (κ3) is 3.01. The summed E-state index contributed by atoms with van der Waals surface area (Å²) in [5.74, 6) is 0. The van der Waals surface area contributed by atoms with Crippen LogP contribution in [0.1, 0.15) is 35.6 Å². The van der Waals surface area contributed by atoms with Crippen LogP contribution in [0.3, 0.4) is 0 Å². The van der Waals surface area contributed by atoms with E-state index < -0.39 is 0 Å². The molecule has 2 rings (SSSR count). The second-order valence-corrected chi connectivity index (χ2v) is 5.06. The van der Waals surface area contributed by atoms with E-state index in [1.165, 1.54) is 6.42 Å². The minimum absolute atomic E-state index is 0.323. The van der Waals surface area contributed by atoms with Gasteiger partial charge in [0.05, 0.1) is 22.8 Å². The summed E-state index contributed by atoms with van der Waals surface area (Å²) in [6.07, 6.45) is 2.34. The van der Waals surface area contributed by atoms with Gasteiger partial charge in [-0.1, -0.05) is 0 Å². The van der Waals surface area contributed by atoms with Gasteiger partial charge >= 0.3 is 0 Å². The lowest BCUT2D eigenvalue weighted by Gasteiger charge is -2.30. The minimum atomic E-state index is 0.323. The van der Waals surface area contributed by atoms with Gasteiger partial charge < -0.3 is 5.73 Å². The van der Waals surface area contributed by atoms with Crippen LogP contribution in [0.5, 0.6) is 0 Å². The van der Waals surface area contributed by atoms with E-state index in [1.807, 2.05) is 20.8 Å². The lowest BCUT2D eigenvalue weighted by Crippen LogP contribution is -2.42. The van der Waals surface area contributed by atoms with Crippen LogP contribution in [0, 0.1) is 20.8 Å². The summed E-state index contributed by atoms with van der Waals surface area (Å²) in [4.78, 5) is 11.6. The zero-order valence-corrected chi connectivity index (χ0v) is 11.0. The van der Waals surface area contributed by atoms with Crippen molar-refractivity contribution in [2.45, 2.75) is 46.2 Å². The van der Waals surface area contributed by atoms with Gasteiger partial charge in [0.15, 0.2) is 0 Å². The molecule has 17 heavy (non-hydrogen) atoms. The Kier molecular flexibility index (Phi) is 3.74. The van der Waals surface area contributed by atoms with Gasteiger partial charge in [-0.25, -0.2) is 0 Å². The van der Waals surface area contributed by atoms with Gasteiger partial charge in [-0.3, -0.25) is 14.9 Å².